The van der Waals surface area contributed by atoms with Crippen LogP contribution in [0.1, 0.15) is 6.04 Å². The first-order valence-corrected chi connectivity index (χ1v) is 7.42. The van der Waals surface area contributed by atoms with E-state index < -0.39 is 31.3 Å². The molecule has 8 heteroatoms. The fourth-order valence-corrected chi connectivity index (χ4v) is 4.47. The zero-order chi connectivity index (χ0) is 12.6. The van der Waals surface area contributed by atoms with Crippen LogP contribution in [0.15, 0.2) is 17.1 Å². The maximum atomic E-state index is 12.0. The number of nitrogen functional groups attached to an aromatic ring is 1. The Morgan fingerprint density at radius 2 is 2.29 bits per heavy atom. The Bertz CT molecular complexity index is 529. The Morgan fingerprint density at radius 1 is 1.59 bits per heavy atom. The van der Waals surface area contributed by atoms with Gasteiger partial charge >= 0.3 is 5.69 Å². The maximum absolute atomic E-state index is 12.0. The first-order valence-electron chi connectivity index (χ1n) is 5.16. The summed E-state index contributed by atoms with van der Waals surface area (Å²) in [5, 5.41) is 18.8. The first kappa shape index (κ1) is 12.3. The van der Waals surface area contributed by atoms with E-state index in [0.717, 1.165) is 0 Å². The lowest BCUT2D eigenvalue weighted by Gasteiger charge is -2.16. The number of anilines is 1. The van der Waals surface area contributed by atoms with Crippen LogP contribution in [0.25, 0.3) is 0 Å². The summed E-state index contributed by atoms with van der Waals surface area (Å²) in [6, 6.07) is 0.838. The number of hydrogen-bond donors (Lipinski definition) is 3. The second-order valence-electron chi connectivity index (χ2n) is 4.24. The molecular formula is C9H14N3O4P. The van der Waals surface area contributed by atoms with E-state index in [1.807, 2.05) is 0 Å². The zero-order valence-corrected chi connectivity index (χ0v) is 9.96. The third-order valence-corrected chi connectivity index (χ3v) is 5.54. The molecule has 1 fully saturated rings. The van der Waals surface area contributed by atoms with Gasteiger partial charge in [0, 0.05) is 18.5 Å². The molecule has 1 aliphatic rings. The van der Waals surface area contributed by atoms with Crippen LogP contribution in [0, 0.1) is 0 Å². The number of hydrogen-bond acceptors (Lipinski definition) is 6. The minimum atomic E-state index is -2.77. The molecule has 17 heavy (non-hydrogen) atoms. The summed E-state index contributed by atoms with van der Waals surface area (Å²) in [4.78, 5) is 15.1. The Morgan fingerprint density at radius 3 is 2.82 bits per heavy atom. The van der Waals surface area contributed by atoms with Crippen LogP contribution >= 0.6 is 7.14 Å². The molecule has 7 nitrogen and oxygen atoms in total. The van der Waals surface area contributed by atoms with Gasteiger partial charge in [0.15, 0.2) is 0 Å². The summed E-state index contributed by atoms with van der Waals surface area (Å²) in [6.07, 6.45) is 0.209. The average molecular weight is 259 g/mol. The van der Waals surface area contributed by atoms with Crippen LogP contribution < -0.4 is 11.4 Å². The van der Waals surface area contributed by atoms with Crippen molar-refractivity contribution < 1.29 is 14.8 Å². The average Bonchev–Trinajstić information content (AvgIpc) is 2.55. The minimum absolute atomic E-state index is 0.0327. The van der Waals surface area contributed by atoms with E-state index in [0.29, 0.717) is 0 Å². The smallest absolute Gasteiger partial charge is 0.349 e. The summed E-state index contributed by atoms with van der Waals surface area (Å²) in [6.45, 7) is 0. The van der Waals surface area contributed by atoms with Crippen molar-refractivity contribution in [2.24, 2.45) is 0 Å². The molecule has 3 atom stereocenters. The molecule has 0 radical (unpaired) electrons. The molecule has 0 aromatic carbocycles. The number of rotatable bonds is 2. The highest BCUT2D eigenvalue weighted by Crippen LogP contribution is 2.54. The van der Waals surface area contributed by atoms with E-state index in [9.17, 15) is 14.5 Å². The molecule has 1 aromatic heterocycles. The summed E-state index contributed by atoms with van der Waals surface area (Å²) < 4.78 is 13.2. The van der Waals surface area contributed by atoms with Gasteiger partial charge in [0.2, 0.25) is 0 Å². The molecule has 0 unspecified atom stereocenters. The predicted octanol–water partition coefficient (Wildman–Crippen LogP) is -0.946. The lowest BCUT2D eigenvalue weighted by Crippen LogP contribution is -2.32. The number of aliphatic hydroxyl groups is 2. The van der Waals surface area contributed by atoms with Gasteiger partial charge in [-0.25, -0.2) is 4.79 Å². The summed E-state index contributed by atoms with van der Waals surface area (Å²) in [7, 11) is -2.77. The number of nitrogens with two attached hydrogens (primary N) is 1. The van der Waals surface area contributed by atoms with Gasteiger partial charge in [-0.05, 0) is 6.07 Å². The van der Waals surface area contributed by atoms with Crippen molar-refractivity contribution in [1.82, 2.24) is 9.55 Å². The van der Waals surface area contributed by atoms with Gasteiger partial charge in [-0.1, -0.05) is 0 Å². The lowest BCUT2D eigenvalue weighted by molar-refractivity contribution is 0.150. The van der Waals surface area contributed by atoms with Gasteiger partial charge in [0.1, 0.15) is 13.0 Å². The predicted molar refractivity (Wildman–Crippen MR) is 62.4 cm³/mol. The summed E-state index contributed by atoms with van der Waals surface area (Å²) >= 11 is 0. The van der Waals surface area contributed by atoms with Crippen molar-refractivity contribution in [2.45, 2.75) is 12.1 Å². The molecule has 0 saturated carbocycles. The highest BCUT2D eigenvalue weighted by atomic mass is 31.2. The van der Waals surface area contributed by atoms with Crippen LogP contribution in [0.2, 0.25) is 0 Å². The van der Waals surface area contributed by atoms with Gasteiger partial charge in [-0.15, -0.1) is 0 Å². The SMILES string of the molecule is Nc1ccn([C@H]2C[P@](=O)(CO)C[C@@H]2O)c(=O)n1. The Hall–Kier alpha value is -1.17. The van der Waals surface area contributed by atoms with Gasteiger partial charge in [-0.2, -0.15) is 4.98 Å². The summed E-state index contributed by atoms with van der Waals surface area (Å²) in [5.41, 5.74) is 4.78. The van der Waals surface area contributed by atoms with Gasteiger partial charge < -0.3 is 20.5 Å². The second kappa shape index (κ2) is 4.25. The van der Waals surface area contributed by atoms with Crippen molar-refractivity contribution in [3.05, 3.63) is 22.7 Å². The quantitative estimate of drug-likeness (QED) is 0.589. The Balaban J connectivity index is 2.36. The molecule has 94 valence electrons. The van der Waals surface area contributed by atoms with Gasteiger partial charge in [0.05, 0.1) is 18.5 Å². The number of aliphatic hydroxyl groups excluding tert-OH is 2. The van der Waals surface area contributed by atoms with Crippen LogP contribution in [-0.4, -0.2) is 44.5 Å². The van der Waals surface area contributed by atoms with Crippen molar-refractivity contribution in [1.29, 1.82) is 0 Å². The van der Waals surface area contributed by atoms with E-state index >= 15 is 0 Å². The van der Waals surface area contributed by atoms with Crippen LogP contribution in [-0.2, 0) is 4.57 Å². The molecule has 0 aliphatic carbocycles. The third-order valence-electron chi connectivity index (χ3n) is 2.95. The molecule has 1 saturated heterocycles. The van der Waals surface area contributed by atoms with Gasteiger partial charge in [-0.3, -0.25) is 4.57 Å². The third kappa shape index (κ3) is 2.26. The maximum Gasteiger partial charge on any atom is 0.349 e. The van der Waals surface area contributed by atoms with E-state index in [4.69, 9.17) is 10.8 Å². The van der Waals surface area contributed by atoms with Gasteiger partial charge in [0.25, 0.3) is 0 Å². The first-order chi connectivity index (χ1) is 7.95. The molecule has 4 N–H and O–H groups in total. The summed E-state index contributed by atoms with van der Waals surface area (Å²) in [5.74, 6) is 0.101. The van der Waals surface area contributed by atoms with Crippen LogP contribution in [0.4, 0.5) is 5.82 Å². The fraction of sp³-hybridized carbons (Fsp3) is 0.556. The van der Waals surface area contributed by atoms with E-state index in [-0.39, 0.29) is 18.1 Å². The van der Waals surface area contributed by atoms with Crippen LogP contribution in [0.3, 0.4) is 0 Å². The normalized spacial score (nSPS) is 32.8. The second-order valence-corrected chi connectivity index (χ2v) is 7.37. The molecule has 2 rings (SSSR count). The van der Waals surface area contributed by atoms with E-state index in [1.54, 1.807) is 0 Å². The topological polar surface area (TPSA) is 118 Å². The Kier molecular flexibility index (Phi) is 3.07. The van der Waals surface area contributed by atoms with Crippen molar-refractivity contribution in [3.8, 4) is 0 Å². The molecule has 0 spiro atoms. The number of aromatic nitrogens is 2. The molecule has 0 amide bonds. The molecule has 1 aromatic rings. The molecular weight excluding hydrogens is 245 g/mol. The van der Waals surface area contributed by atoms with E-state index in [1.165, 1.54) is 16.8 Å². The van der Waals surface area contributed by atoms with Crippen LogP contribution in [0.5, 0.6) is 0 Å². The highest BCUT2D eigenvalue weighted by molar-refractivity contribution is 7.64. The van der Waals surface area contributed by atoms with Crippen molar-refractivity contribution in [3.63, 3.8) is 0 Å². The standard InChI is InChI=1S/C9H14N3O4P/c10-8-1-2-12(9(15)11-8)6-3-17(16,5-13)4-7(6)14/h1-2,6-7,13-14H,3-5H2,(H2,10,11,15)/t6-,7-,17+/m0/s1. The zero-order valence-electron chi connectivity index (χ0n) is 9.06. The largest absolute Gasteiger partial charge is 0.390 e. The minimum Gasteiger partial charge on any atom is -0.390 e. The number of nitrogens with zero attached hydrogens (tertiary/aromatic N) is 2. The van der Waals surface area contributed by atoms with Crippen molar-refractivity contribution in [2.75, 3.05) is 24.4 Å². The van der Waals surface area contributed by atoms with E-state index in [2.05, 4.69) is 4.98 Å². The van der Waals surface area contributed by atoms with Crippen molar-refractivity contribution >= 4 is 13.0 Å². The highest BCUT2D eigenvalue weighted by Gasteiger charge is 2.41. The molecule has 1 aliphatic heterocycles. The lowest BCUT2D eigenvalue weighted by atomic mass is 10.2. The Labute approximate surface area is 97.3 Å². The molecule has 0 bridgehead atoms. The molecule has 2 heterocycles. The monoisotopic (exact) mass is 259 g/mol. The fourth-order valence-electron chi connectivity index (χ4n) is 2.07.